The highest BCUT2D eigenvalue weighted by Gasteiger charge is 2.13. The average molecular weight is 357 g/mol. The van der Waals surface area contributed by atoms with Crippen LogP contribution >= 0.6 is 0 Å². The maximum absolute atomic E-state index is 12.0. The molecule has 0 spiro atoms. The number of carbonyl (C=O) groups excluding carboxylic acids is 1. The molecule has 0 aliphatic heterocycles. The van der Waals surface area contributed by atoms with Crippen molar-refractivity contribution in [2.75, 3.05) is 0 Å². The molecule has 1 N–H and O–H groups in total. The van der Waals surface area contributed by atoms with Gasteiger partial charge in [0.05, 0.1) is 0 Å². The van der Waals surface area contributed by atoms with Gasteiger partial charge >= 0.3 is 11.9 Å². The van der Waals surface area contributed by atoms with E-state index in [1.54, 1.807) is 0 Å². The monoisotopic (exact) mass is 356 g/mol. The van der Waals surface area contributed by atoms with Gasteiger partial charge in [0.25, 0.3) is 0 Å². The van der Waals surface area contributed by atoms with Gasteiger partial charge in [0.1, 0.15) is 6.10 Å². The zero-order chi connectivity index (χ0) is 18.8. The fraction of sp³-hybridized carbons (Fsp3) is 0.905. The highest BCUT2D eigenvalue weighted by molar-refractivity contribution is 5.69. The third kappa shape index (κ3) is 17.6. The molecule has 1 unspecified atom stereocenters. The molecule has 148 valence electrons. The van der Waals surface area contributed by atoms with Crippen molar-refractivity contribution in [3.8, 4) is 0 Å². The second kappa shape index (κ2) is 17.8. The van der Waals surface area contributed by atoms with Crippen LogP contribution in [0.15, 0.2) is 0 Å². The zero-order valence-corrected chi connectivity index (χ0v) is 16.6. The normalized spacial score (nSPS) is 12.1. The Bertz CT molecular complexity index is 328. The molecule has 0 aromatic carbocycles. The number of esters is 1. The van der Waals surface area contributed by atoms with Gasteiger partial charge in [0.2, 0.25) is 0 Å². The number of carbonyl (C=O) groups is 2. The molecule has 4 nitrogen and oxygen atoms in total. The summed E-state index contributed by atoms with van der Waals surface area (Å²) in [6, 6.07) is 0. The Labute approximate surface area is 154 Å². The van der Waals surface area contributed by atoms with Crippen LogP contribution in [0.1, 0.15) is 117 Å². The topological polar surface area (TPSA) is 63.6 Å². The summed E-state index contributed by atoms with van der Waals surface area (Å²) in [5.41, 5.74) is 0. The number of hydrogen-bond acceptors (Lipinski definition) is 3. The minimum absolute atomic E-state index is 0.0602. The Hall–Kier alpha value is -1.06. The van der Waals surface area contributed by atoms with Crippen LogP contribution in [0.25, 0.3) is 0 Å². The second-order valence-corrected chi connectivity index (χ2v) is 7.12. The van der Waals surface area contributed by atoms with Crippen molar-refractivity contribution < 1.29 is 19.4 Å². The number of carboxylic acid groups (broad SMARTS) is 1. The Balaban J connectivity index is 3.68. The van der Waals surface area contributed by atoms with E-state index in [1.165, 1.54) is 32.1 Å². The van der Waals surface area contributed by atoms with Gasteiger partial charge in [-0.1, -0.05) is 71.6 Å². The summed E-state index contributed by atoms with van der Waals surface area (Å²) in [6.07, 6.45) is 16.0. The summed E-state index contributed by atoms with van der Waals surface area (Å²) >= 11 is 0. The van der Waals surface area contributed by atoms with E-state index in [9.17, 15) is 9.59 Å². The predicted molar refractivity (Wildman–Crippen MR) is 103 cm³/mol. The Morgan fingerprint density at radius 1 is 0.720 bits per heavy atom. The molecule has 1 atom stereocenters. The standard InChI is InChI=1S/C21H40O4/c1-3-5-6-7-9-12-16-19(15-4-2)25-21(24)18-14-11-8-10-13-17-20(22)23/h19H,3-18H2,1-2H3,(H,22,23). The van der Waals surface area contributed by atoms with E-state index in [2.05, 4.69) is 13.8 Å². The summed E-state index contributed by atoms with van der Waals surface area (Å²) in [4.78, 5) is 22.4. The first-order chi connectivity index (χ1) is 12.1. The third-order valence-electron chi connectivity index (χ3n) is 4.56. The first-order valence-electron chi connectivity index (χ1n) is 10.5. The van der Waals surface area contributed by atoms with Crippen LogP contribution in [0, 0.1) is 0 Å². The second-order valence-electron chi connectivity index (χ2n) is 7.12. The predicted octanol–water partition coefficient (Wildman–Crippen LogP) is 6.26. The van der Waals surface area contributed by atoms with Crippen molar-refractivity contribution in [2.45, 2.75) is 123 Å². The molecule has 0 rings (SSSR count). The molecular formula is C21H40O4. The number of ether oxygens (including phenoxy) is 1. The lowest BCUT2D eigenvalue weighted by atomic mass is 10.0. The highest BCUT2D eigenvalue weighted by Crippen LogP contribution is 2.16. The van der Waals surface area contributed by atoms with Crippen LogP contribution in [-0.2, 0) is 14.3 Å². The molecule has 25 heavy (non-hydrogen) atoms. The van der Waals surface area contributed by atoms with Crippen LogP contribution in [0.4, 0.5) is 0 Å². The van der Waals surface area contributed by atoms with Crippen molar-refractivity contribution in [2.24, 2.45) is 0 Å². The van der Waals surface area contributed by atoms with Gasteiger partial charge < -0.3 is 9.84 Å². The number of carboxylic acids is 1. The largest absolute Gasteiger partial charge is 0.481 e. The van der Waals surface area contributed by atoms with Crippen LogP contribution in [0.3, 0.4) is 0 Å². The van der Waals surface area contributed by atoms with Crippen LogP contribution in [0.5, 0.6) is 0 Å². The first kappa shape index (κ1) is 23.9. The van der Waals surface area contributed by atoms with Crippen molar-refractivity contribution in [3.63, 3.8) is 0 Å². The van der Waals surface area contributed by atoms with Crippen LogP contribution < -0.4 is 0 Å². The van der Waals surface area contributed by atoms with Crippen molar-refractivity contribution in [3.05, 3.63) is 0 Å². The van der Waals surface area contributed by atoms with Gasteiger partial charge in [-0.05, 0) is 32.1 Å². The van der Waals surface area contributed by atoms with E-state index in [4.69, 9.17) is 9.84 Å². The molecule has 0 saturated heterocycles. The van der Waals surface area contributed by atoms with Gasteiger partial charge in [-0.3, -0.25) is 9.59 Å². The molecule has 0 aromatic heterocycles. The molecule has 0 aromatic rings. The third-order valence-corrected chi connectivity index (χ3v) is 4.56. The Morgan fingerprint density at radius 2 is 1.28 bits per heavy atom. The van der Waals surface area contributed by atoms with Gasteiger partial charge in [-0.2, -0.15) is 0 Å². The molecule has 0 amide bonds. The maximum atomic E-state index is 12.0. The Kier molecular flexibility index (Phi) is 17.0. The number of aliphatic carboxylic acids is 1. The van der Waals surface area contributed by atoms with E-state index in [0.717, 1.165) is 57.8 Å². The van der Waals surface area contributed by atoms with Gasteiger partial charge in [0.15, 0.2) is 0 Å². The quantitative estimate of drug-likeness (QED) is 0.232. The van der Waals surface area contributed by atoms with Crippen molar-refractivity contribution in [1.82, 2.24) is 0 Å². The van der Waals surface area contributed by atoms with E-state index in [-0.39, 0.29) is 18.5 Å². The fourth-order valence-corrected chi connectivity index (χ4v) is 3.06. The molecule has 0 heterocycles. The molecule has 0 fully saturated rings. The van der Waals surface area contributed by atoms with Gasteiger partial charge in [-0.25, -0.2) is 0 Å². The molecule has 0 aliphatic rings. The summed E-state index contributed by atoms with van der Waals surface area (Å²) in [5, 5.41) is 8.57. The van der Waals surface area contributed by atoms with Crippen molar-refractivity contribution >= 4 is 11.9 Å². The molecule has 0 saturated carbocycles. The van der Waals surface area contributed by atoms with Crippen molar-refractivity contribution in [1.29, 1.82) is 0 Å². The fourth-order valence-electron chi connectivity index (χ4n) is 3.06. The van der Waals surface area contributed by atoms with Gasteiger partial charge in [-0.15, -0.1) is 0 Å². The minimum Gasteiger partial charge on any atom is -0.481 e. The Morgan fingerprint density at radius 3 is 1.88 bits per heavy atom. The maximum Gasteiger partial charge on any atom is 0.306 e. The molecule has 0 radical (unpaired) electrons. The lowest BCUT2D eigenvalue weighted by Crippen LogP contribution is -2.18. The lowest BCUT2D eigenvalue weighted by molar-refractivity contribution is -0.150. The van der Waals surface area contributed by atoms with E-state index in [0.29, 0.717) is 6.42 Å². The number of unbranched alkanes of at least 4 members (excludes halogenated alkanes) is 9. The van der Waals surface area contributed by atoms with Crippen LogP contribution in [-0.4, -0.2) is 23.1 Å². The van der Waals surface area contributed by atoms with E-state index in [1.807, 2.05) is 0 Å². The smallest absolute Gasteiger partial charge is 0.306 e. The van der Waals surface area contributed by atoms with Crippen LogP contribution in [0.2, 0.25) is 0 Å². The van der Waals surface area contributed by atoms with Gasteiger partial charge in [0, 0.05) is 12.8 Å². The number of rotatable bonds is 18. The first-order valence-corrected chi connectivity index (χ1v) is 10.5. The SMILES string of the molecule is CCCCCCCCC(CCC)OC(=O)CCCCCCCC(=O)O. The molecule has 0 bridgehead atoms. The molecule has 4 heteroatoms. The lowest BCUT2D eigenvalue weighted by Gasteiger charge is -2.17. The minimum atomic E-state index is -0.726. The zero-order valence-electron chi connectivity index (χ0n) is 16.6. The number of hydrogen-bond donors (Lipinski definition) is 1. The summed E-state index contributed by atoms with van der Waals surface area (Å²) in [7, 11) is 0. The highest BCUT2D eigenvalue weighted by atomic mass is 16.5. The summed E-state index contributed by atoms with van der Waals surface area (Å²) < 4.78 is 5.66. The average Bonchev–Trinajstić information content (AvgIpc) is 2.57. The summed E-state index contributed by atoms with van der Waals surface area (Å²) in [5.74, 6) is -0.786. The summed E-state index contributed by atoms with van der Waals surface area (Å²) in [6.45, 7) is 4.37. The molecule has 0 aliphatic carbocycles. The molecular weight excluding hydrogens is 316 g/mol. The van der Waals surface area contributed by atoms with E-state index >= 15 is 0 Å². The van der Waals surface area contributed by atoms with E-state index < -0.39 is 5.97 Å².